The molecule has 0 saturated carbocycles. The Labute approximate surface area is 211 Å². The molecule has 7 nitrogen and oxygen atoms in total. The summed E-state index contributed by atoms with van der Waals surface area (Å²) >= 11 is 3.51. The number of carbonyl (C=O) groups is 2. The largest absolute Gasteiger partial charge is 0.490 e. The van der Waals surface area contributed by atoms with Gasteiger partial charge in [-0.3, -0.25) is 9.59 Å². The number of ether oxygens (including phenoxy) is 2. The standard InChI is InChI=1S/C26H38BrN3O4/c1-19(2)28-9-6-20(7-10-28)26(32)30-11-8-24(34-23-5-3-4-22(27)17-23)21(18-30)16-25(31)29-12-14-33-15-13-29/h3-5,17,19-21,24H,6-16,18H2,1-2H3/t21-,24-/m0/s1. The highest BCUT2D eigenvalue weighted by molar-refractivity contribution is 9.10. The number of morpholine rings is 1. The first-order valence-corrected chi connectivity index (χ1v) is 13.5. The van der Waals surface area contributed by atoms with Gasteiger partial charge in [-0.05, 0) is 58.0 Å². The van der Waals surface area contributed by atoms with Crippen LogP contribution in [0.5, 0.6) is 5.75 Å². The Balaban J connectivity index is 1.42. The Morgan fingerprint density at radius 1 is 1.06 bits per heavy atom. The maximum absolute atomic E-state index is 13.4. The lowest BCUT2D eigenvalue weighted by molar-refractivity contribution is -0.144. The molecule has 3 saturated heterocycles. The minimum Gasteiger partial charge on any atom is -0.490 e. The number of likely N-dealkylation sites (tertiary alicyclic amines) is 2. The van der Waals surface area contributed by atoms with E-state index in [1.165, 1.54) is 0 Å². The summed E-state index contributed by atoms with van der Waals surface area (Å²) in [5, 5.41) is 0. The number of benzene rings is 1. The molecule has 34 heavy (non-hydrogen) atoms. The van der Waals surface area contributed by atoms with Crippen molar-refractivity contribution in [1.82, 2.24) is 14.7 Å². The van der Waals surface area contributed by atoms with Gasteiger partial charge in [-0.25, -0.2) is 0 Å². The van der Waals surface area contributed by atoms with Crippen molar-refractivity contribution in [2.75, 3.05) is 52.5 Å². The molecule has 0 N–H and O–H groups in total. The molecule has 3 heterocycles. The molecule has 8 heteroatoms. The lowest BCUT2D eigenvalue weighted by Crippen LogP contribution is -2.52. The molecule has 1 aromatic rings. The van der Waals surface area contributed by atoms with E-state index in [0.717, 1.165) is 42.6 Å². The van der Waals surface area contributed by atoms with Crippen molar-refractivity contribution in [3.8, 4) is 5.75 Å². The van der Waals surface area contributed by atoms with Crippen LogP contribution in [-0.2, 0) is 14.3 Å². The molecule has 2 amide bonds. The zero-order valence-corrected chi connectivity index (χ0v) is 22.0. The number of rotatable bonds is 6. The van der Waals surface area contributed by atoms with Crippen LogP contribution in [0.15, 0.2) is 28.7 Å². The van der Waals surface area contributed by atoms with Gasteiger partial charge in [0.1, 0.15) is 11.9 Å². The van der Waals surface area contributed by atoms with E-state index in [1.807, 2.05) is 34.1 Å². The van der Waals surface area contributed by atoms with Gasteiger partial charge in [-0.15, -0.1) is 0 Å². The molecule has 3 aliphatic heterocycles. The van der Waals surface area contributed by atoms with Gasteiger partial charge in [-0.2, -0.15) is 0 Å². The van der Waals surface area contributed by atoms with Gasteiger partial charge in [0.15, 0.2) is 0 Å². The van der Waals surface area contributed by atoms with E-state index in [2.05, 4.69) is 34.7 Å². The highest BCUT2D eigenvalue weighted by Crippen LogP contribution is 2.30. The molecule has 188 valence electrons. The number of carbonyl (C=O) groups excluding carboxylic acids is 2. The number of hydrogen-bond donors (Lipinski definition) is 0. The fourth-order valence-corrected chi connectivity index (χ4v) is 5.74. The topological polar surface area (TPSA) is 62.3 Å². The lowest BCUT2D eigenvalue weighted by atomic mass is 9.88. The minimum atomic E-state index is -0.0915. The molecular formula is C26H38BrN3O4. The van der Waals surface area contributed by atoms with Gasteiger partial charge in [0.05, 0.1) is 13.2 Å². The van der Waals surface area contributed by atoms with Crippen molar-refractivity contribution in [1.29, 1.82) is 0 Å². The van der Waals surface area contributed by atoms with Crippen LogP contribution in [0.1, 0.15) is 39.5 Å². The molecule has 1 aromatic carbocycles. The fourth-order valence-electron chi connectivity index (χ4n) is 5.36. The lowest BCUT2D eigenvalue weighted by Gasteiger charge is -2.42. The summed E-state index contributed by atoms with van der Waals surface area (Å²) in [6.07, 6.45) is 2.88. The second kappa shape index (κ2) is 11.9. The summed E-state index contributed by atoms with van der Waals surface area (Å²) in [5.41, 5.74) is 0. The highest BCUT2D eigenvalue weighted by atomic mass is 79.9. The maximum Gasteiger partial charge on any atom is 0.225 e. The van der Waals surface area contributed by atoms with Gasteiger partial charge in [-0.1, -0.05) is 22.0 Å². The van der Waals surface area contributed by atoms with Crippen LogP contribution < -0.4 is 4.74 Å². The number of piperidine rings is 2. The average molecular weight is 537 g/mol. The monoisotopic (exact) mass is 535 g/mol. The van der Waals surface area contributed by atoms with E-state index in [9.17, 15) is 9.59 Å². The summed E-state index contributed by atoms with van der Waals surface area (Å²) in [4.78, 5) is 32.9. The van der Waals surface area contributed by atoms with Gasteiger partial charge >= 0.3 is 0 Å². The Kier molecular flexibility index (Phi) is 8.88. The number of halogens is 1. The summed E-state index contributed by atoms with van der Waals surface area (Å²) in [5.74, 6) is 1.25. The number of nitrogens with zero attached hydrogens (tertiary/aromatic N) is 3. The van der Waals surface area contributed by atoms with Crippen LogP contribution in [0.4, 0.5) is 0 Å². The first-order valence-electron chi connectivity index (χ1n) is 12.7. The van der Waals surface area contributed by atoms with Gasteiger partial charge < -0.3 is 24.2 Å². The van der Waals surface area contributed by atoms with Crippen LogP contribution in [-0.4, -0.2) is 91.1 Å². The van der Waals surface area contributed by atoms with E-state index in [1.54, 1.807) is 0 Å². The van der Waals surface area contributed by atoms with Gasteiger partial charge in [0.25, 0.3) is 0 Å². The van der Waals surface area contributed by atoms with E-state index >= 15 is 0 Å². The SMILES string of the molecule is CC(C)N1CCC(C(=O)N2CC[C@H](Oc3cccc(Br)c3)[C@@H](CC(=O)N3CCOCC3)C2)CC1. The summed E-state index contributed by atoms with van der Waals surface area (Å²) in [6, 6.07) is 8.36. The molecule has 0 unspecified atom stereocenters. The third kappa shape index (κ3) is 6.52. The smallest absolute Gasteiger partial charge is 0.225 e. The maximum atomic E-state index is 13.4. The Bertz CT molecular complexity index is 837. The van der Waals surface area contributed by atoms with E-state index in [-0.39, 0.29) is 29.8 Å². The van der Waals surface area contributed by atoms with Gasteiger partial charge in [0, 0.05) is 61.4 Å². The molecule has 3 fully saturated rings. The summed E-state index contributed by atoms with van der Waals surface area (Å²) in [6.45, 7) is 10.1. The Morgan fingerprint density at radius 3 is 2.47 bits per heavy atom. The van der Waals surface area contributed by atoms with E-state index in [4.69, 9.17) is 9.47 Å². The van der Waals surface area contributed by atoms with Crippen molar-refractivity contribution in [2.45, 2.75) is 51.7 Å². The molecule has 0 aromatic heterocycles. The molecule has 0 spiro atoms. The second-order valence-electron chi connectivity index (χ2n) is 10.0. The predicted octanol–water partition coefficient (Wildman–Crippen LogP) is 3.41. The molecule has 4 rings (SSSR count). The predicted molar refractivity (Wildman–Crippen MR) is 135 cm³/mol. The zero-order valence-electron chi connectivity index (χ0n) is 20.5. The van der Waals surface area contributed by atoms with Crippen LogP contribution in [0.3, 0.4) is 0 Å². The molecule has 0 aliphatic carbocycles. The van der Waals surface area contributed by atoms with Crippen molar-refractivity contribution >= 4 is 27.7 Å². The average Bonchev–Trinajstić information content (AvgIpc) is 2.85. The molecule has 0 bridgehead atoms. The second-order valence-corrected chi connectivity index (χ2v) is 11.0. The third-order valence-corrected chi connectivity index (χ3v) is 7.96. The number of amides is 2. The van der Waals surface area contributed by atoms with Crippen molar-refractivity contribution < 1.29 is 19.1 Å². The van der Waals surface area contributed by atoms with Crippen molar-refractivity contribution in [3.63, 3.8) is 0 Å². The molecule has 0 radical (unpaired) electrons. The number of hydrogen-bond acceptors (Lipinski definition) is 5. The summed E-state index contributed by atoms with van der Waals surface area (Å²) in [7, 11) is 0. The van der Waals surface area contributed by atoms with Crippen molar-refractivity contribution in [3.05, 3.63) is 28.7 Å². The summed E-state index contributed by atoms with van der Waals surface area (Å²) < 4.78 is 12.8. The van der Waals surface area contributed by atoms with Crippen molar-refractivity contribution in [2.24, 2.45) is 11.8 Å². The zero-order chi connectivity index (χ0) is 24.1. The molecule has 2 atom stereocenters. The van der Waals surface area contributed by atoms with Gasteiger partial charge in [0.2, 0.25) is 11.8 Å². The Hall–Kier alpha value is -1.64. The van der Waals surface area contributed by atoms with Crippen LogP contribution >= 0.6 is 15.9 Å². The third-order valence-electron chi connectivity index (χ3n) is 7.47. The van der Waals surface area contributed by atoms with Crippen LogP contribution in [0.25, 0.3) is 0 Å². The molecular weight excluding hydrogens is 498 g/mol. The van der Waals surface area contributed by atoms with E-state index in [0.29, 0.717) is 51.9 Å². The quantitative estimate of drug-likeness (QED) is 0.558. The minimum absolute atomic E-state index is 0.0252. The first-order chi connectivity index (χ1) is 16.4. The van der Waals surface area contributed by atoms with Crippen LogP contribution in [0.2, 0.25) is 0 Å². The normalized spacial score (nSPS) is 24.9. The van der Waals surface area contributed by atoms with E-state index < -0.39 is 0 Å². The fraction of sp³-hybridized carbons (Fsp3) is 0.692. The first kappa shape index (κ1) is 25.5. The molecule has 3 aliphatic rings. The highest BCUT2D eigenvalue weighted by Gasteiger charge is 2.38. The Morgan fingerprint density at radius 2 is 1.79 bits per heavy atom. The van der Waals surface area contributed by atoms with Crippen LogP contribution in [0, 0.1) is 11.8 Å².